The monoisotopic (exact) mass is 529 g/mol. The number of nitrogens with two attached hydrogens (primary N) is 1. The van der Waals surface area contributed by atoms with Crippen molar-refractivity contribution in [3.63, 3.8) is 0 Å². The number of ether oxygens (including phenoxy) is 2. The van der Waals surface area contributed by atoms with Crippen LogP contribution in [0, 0.1) is 11.3 Å². The molecule has 0 aliphatic rings. The summed E-state index contributed by atoms with van der Waals surface area (Å²) in [5.41, 5.74) is 6.84. The van der Waals surface area contributed by atoms with Gasteiger partial charge in [0, 0.05) is 25.8 Å². The van der Waals surface area contributed by atoms with Crippen molar-refractivity contribution in [2.24, 2.45) is 5.73 Å². The molecule has 0 amide bonds. The Bertz CT molecular complexity index is 1420. The van der Waals surface area contributed by atoms with Gasteiger partial charge in [-0.3, -0.25) is 14.1 Å². The summed E-state index contributed by atoms with van der Waals surface area (Å²) in [6.45, 7) is 4.37. The quantitative estimate of drug-likeness (QED) is 0.263. The molecule has 0 aliphatic heterocycles. The maximum atomic E-state index is 13.0. The van der Waals surface area contributed by atoms with Crippen molar-refractivity contribution in [2.45, 2.75) is 13.5 Å². The number of aromatic nitrogens is 2. The molecule has 0 spiro atoms. The van der Waals surface area contributed by atoms with Crippen molar-refractivity contribution in [1.82, 2.24) is 13.9 Å². The molecule has 3 aromatic rings. The number of benzene rings is 2. The predicted molar refractivity (Wildman–Crippen MR) is 142 cm³/mol. The summed E-state index contributed by atoms with van der Waals surface area (Å²) in [6.07, 6.45) is 1.47. The second-order valence-electron chi connectivity index (χ2n) is 7.97. The SMILES string of the molecule is CCN(C)S(=O)(=O)Nc1cccc(Nc2ccc3ncn(CCOCCOCCN)c(=O)c3c2)c1C#N. The highest BCUT2D eigenvalue weighted by atomic mass is 32.2. The average molecular weight is 530 g/mol. The van der Waals surface area contributed by atoms with Crippen molar-refractivity contribution in [3.8, 4) is 6.07 Å². The normalized spacial score (nSPS) is 11.5. The van der Waals surface area contributed by atoms with Gasteiger partial charge in [0.15, 0.2) is 0 Å². The lowest BCUT2D eigenvalue weighted by atomic mass is 10.1. The van der Waals surface area contributed by atoms with Crippen LogP contribution < -0.4 is 21.3 Å². The zero-order valence-corrected chi connectivity index (χ0v) is 21.6. The molecular formula is C24H31N7O5S. The van der Waals surface area contributed by atoms with Crippen LogP contribution in [0.4, 0.5) is 17.1 Å². The van der Waals surface area contributed by atoms with Crippen LogP contribution in [0.25, 0.3) is 10.9 Å². The highest BCUT2D eigenvalue weighted by Crippen LogP contribution is 2.28. The first kappa shape index (κ1) is 28.0. The van der Waals surface area contributed by atoms with Crippen molar-refractivity contribution in [3.05, 3.63) is 58.6 Å². The van der Waals surface area contributed by atoms with Crippen molar-refractivity contribution in [2.75, 3.05) is 56.6 Å². The van der Waals surface area contributed by atoms with Gasteiger partial charge in [-0.05, 0) is 30.3 Å². The van der Waals surface area contributed by atoms with Gasteiger partial charge in [-0.15, -0.1) is 0 Å². The summed E-state index contributed by atoms with van der Waals surface area (Å²) in [5.74, 6) is 0. The maximum absolute atomic E-state index is 13.0. The lowest BCUT2D eigenvalue weighted by Gasteiger charge is -2.18. The van der Waals surface area contributed by atoms with Gasteiger partial charge < -0.3 is 20.5 Å². The topological polar surface area (TPSA) is 165 Å². The third kappa shape index (κ3) is 7.25. The fourth-order valence-corrected chi connectivity index (χ4v) is 4.31. The van der Waals surface area contributed by atoms with Crippen LogP contribution in [0.2, 0.25) is 0 Å². The Kier molecular flexibility index (Phi) is 9.95. The number of anilines is 3. The van der Waals surface area contributed by atoms with E-state index in [1.54, 1.807) is 37.3 Å². The molecule has 37 heavy (non-hydrogen) atoms. The fraction of sp³-hybridized carbons (Fsp3) is 0.375. The molecule has 2 aromatic carbocycles. The zero-order chi connectivity index (χ0) is 26.8. The van der Waals surface area contributed by atoms with Crippen LogP contribution in [-0.2, 0) is 26.2 Å². The molecule has 1 heterocycles. The Balaban J connectivity index is 1.79. The molecule has 0 saturated carbocycles. The molecule has 198 valence electrons. The summed E-state index contributed by atoms with van der Waals surface area (Å²) < 4.78 is 40.7. The van der Waals surface area contributed by atoms with E-state index in [0.717, 1.165) is 4.31 Å². The molecule has 12 nitrogen and oxygen atoms in total. The second kappa shape index (κ2) is 13.1. The molecule has 3 rings (SSSR count). The van der Waals surface area contributed by atoms with Gasteiger partial charge >= 0.3 is 10.2 Å². The molecule has 0 unspecified atom stereocenters. The number of fused-ring (bicyclic) bond motifs is 1. The summed E-state index contributed by atoms with van der Waals surface area (Å²) in [4.78, 5) is 17.4. The van der Waals surface area contributed by atoms with Gasteiger partial charge in [-0.1, -0.05) is 13.0 Å². The van der Waals surface area contributed by atoms with E-state index in [0.29, 0.717) is 61.8 Å². The van der Waals surface area contributed by atoms with E-state index in [4.69, 9.17) is 15.2 Å². The first-order valence-corrected chi connectivity index (χ1v) is 13.1. The van der Waals surface area contributed by atoms with Crippen molar-refractivity contribution in [1.29, 1.82) is 5.26 Å². The summed E-state index contributed by atoms with van der Waals surface area (Å²) in [7, 11) is -2.37. The average Bonchev–Trinajstić information content (AvgIpc) is 2.89. The third-order valence-electron chi connectivity index (χ3n) is 5.48. The second-order valence-corrected chi connectivity index (χ2v) is 9.75. The van der Waals surface area contributed by atoms with Crippen LogP contribution in [-0.4, -0.2) is 68.8 Å². The van der Waals surface area contributed by atoms with E-state index >= 15 is 0 Å². The largest absolute Gasteiger partial charge is 0.378 e. The number of nitrogens with zero attached hydrogens (tertiary/aromatic N) is 4. The first-order chi connectivity index (χ1) is 17.8. The van der Waals surface area contributed by atoms with E-state index in [1.807, 2.05) is 0 Å². The highest BCUT2D eigenvalue weighted by Gasteiger charge is 2.19. The predicted octanol–water partition coefficient (Wildman–Crippen LogP) is 1.61. The Morgan fingerprint density at radius 1 is 1.14 bits per heavy atom. The molecular weight excluding hydrogens is 498 g/mol. The standard InChI is InChI=1S/C24H31N7O5S/c1-3-30(2)37(33,34)29-23-6-4-5-22(20(23)16-26)28-18-7-8-21-19(15-18)24(32)31(17-27-21)10-12-36-14-13-35-11-9-25/h4-8,15,17,28-29H,3,9-14,25H2,1-2H3. The van der Waals surface area contributed by atoms with Crippen LogP contribution >= 0.6 is 0 Å². The van der Waals surface area contributed by atoms with Crippen molar-refractivity contribution >= 4 is 38.2 Å². The summed E-state index contributed by atoms with van der Waals surface area (Å²) in [5, 5.41) is 13.3. The lowest BCUT2D eigenvalue weighted by molar-refractivity contribution is 0.0474. The number of rotatable bonds is 14. The molecule has 0 atom stereocenters. The van der Waals surface area contributed by atoms with Gasteiger partial charge in [0.2, 0.25) is 0 Å². The van der Waals surface area contributed by atoms with E-state index in [-0.39, 0.29) is 23.4 Å². The smallest absolute Gasteiger partial charge is 0.301 e. The van der Waals surface area contributed by atoms with E-state index in [2.05, 4.69) is 21.1 Å². The van der Waals surface area contributed by atoms with Gasteiger partial charge in [0.25, 0.3) is 5.56 Å². The molecule has 0 fully saturated rings. The van der Waals surface area contributed by atoms with Crippen LogP contribution in [0.3, 0.4) is 0 Å². The Morgan fingerprint density at radius 2 is 1.86 bits per heavy atom. The third-order valence-corrected chi connectivity index (χ3v) is 7.04. The molecule has 0 radical (unpaired) electrons. The summed E-state index contributed by atoms with van der Waals surface area (Å²) in [6, 6.07) is 11.9. The van der Waals surface area contributed by atoms with Crippen LogP contribution in [0.15, 0.2) is 47.5 Å². The number of hydrogen-bond acceptors (Lipinski definition) is 9. The van der Waals surface area contributed by atoms with Gasteiger partial charge in [-0.25, -0.2) is 4.98 Å². The summed E-state index contributed by atoms with van der Waals surface area (Å²) >= 11 is 0. The van der Waals surface area contributed by atoms with Crippen LogP contribution in [0.5, 0.6) is 0 Å². The maximum Gasteiger partial charge on any atom is 0.301 e. The molecule has 0 bridgehead atoms. The Morgan fingerprint density at radius 3 is 2.57 bits per heavy atom. The Hall–Kier alpha value is -3.54. The number of hydrogen-bond donors (Lipinski definition) is 3. The fourth-order valence-electron chi connectivity index (χ4n) is 3.37. The number of nitriles is 1. The van der Waals surface area contributed by atoms with Gasteiger partial charge in [0.1, 0.15) is 6.07 Å². The first-order valence-electron chi connectivity index (χ1n) is 11.7. The minimum Gasteiger partial charge on any atom is -0.378 e. The molecule has 1 aromatic heterocycles. The van der Waals surface area contributed by atoms with E-state index in [9.17, 15) is 18.5 Å². The molecule has 13 heteroatoms. The highest BCUT2D eigenvalue weighted by molar-refractivity contribution is 7.90. The lowest BCUT2D eigenvalue weighted by Crippen LogP contribution is -2.32. The number of nitrogens with one attached hydrogen (secondary N) is 2. The van der Waals surface area contributed by atoms with E-state index in [1.165, 1.54) is 24.0 Å². The van der Waals surface area contributed by atoms with Gasteiger partial charge in [-0.2, -0.15) is 18.0 Å². The zero-order valence-electron chi connectivity index (χ0n) is 20.8. The molecule has 4 N–H and O–H groups in total. The van der Waals surface area contributed by atoms with Gasteiger partial charge in [0.05, 0.1) is 67.1 Å². The molecule has 0 saturated heterocycles. The van der Waals surface area contributed by atoms with Crippen LogP contribution in [0.1, 0.15) is 12.5 Å². The minimum atomic E-state index is -3.81. The van der Waals surface area contributed by atoms with E-state index < -0.39 is 10.2 Å². The minimum absolute atomic E-state index is 0.117. The van der Waals surface area contributed by atoms with Crippen molar-refractivity contribution < 1.29 is 17.9 Å². The molecule has 0 aliphatic carbocycles. The Labute approximate surface area is 215 Å².